The van der Waals surface area contributed by atoms with Gasteiger partial charge in [-0.05, 0) is 0 Å². The van der Waals surface area contributed by atoms with Gasteiger partial charge in [0.2, 0.25) is 0 Å². The van der Waals surface area contributed by atoms with Crippen molar-refractivity contribution in [2.75, 3.05) is 0 Å². The molecule has 0 heterocycles. The molecule has 0 bridgehead atoms. The summed E-state index contributed by atoms with van der Waals surface area (Å²) in [6, 6.07) is 0. The summed E-state index contributed by atoms with van der Waals surface area (Å²) >= 11 is 0. The minimum absolute atomic E-state index is 0. The third kappa shape index (κ3) is 10.7. The molecule has 1 rings (SSSR count). The van der Waals surface area contributed by atoms with Crippen LogP contribution in [0.25, 0.3) is 0 Å². The smallest absolute Gasteiger partial charge is 0.387 e. The van der Waals surface area contributed by atoms with E-state index in [0.29, 0.717) is 0 Å². The van der Waals surface area contributed by atoms with E-state index in [1.807, 2.05) is 0 Å². The minimum Gasteiger partial charge on any atom is -0.387 e. The van der Waals surface area contributed by atoms with Crippen molar-refractivity contribution in [3.8, 4) is 0 Å². The third-order valence-electron chi connectivity index (χ3n) is 3.03. The van der Waals surface area contributed by atoms with Gasteiger partial charge in [0.25, 0.3) is 0 Å². The molecule has 18 nitrogen and oxygen atoms in total. The maximum absolute atomic E-state index is 11.1. The Morgan fingerprint density at radius 1 is 0.448 bits per heavy atom. The molecule has 1 aliphatic rings. The molecule has 2 unspecified atom stereocenters. The summed E-state index contributed by atoms with van der Waals surface area (Å²) in [7, 11) is -22.4. The van der Waals surface area contributed by atoms with Crippen LogP contribution >= 0.6 is 31.3 Å². The van der Waals surface area contributed by atoms with Gasteiger partial charge in [0, 0.05) is 29.6 Å². The second-order valence-electron chi connectivity index (χ2n) is 5.22. The summed E-state index contributed by atoms with van der Waals surface area (Å²) in [5, 5.41) is 20.1. The quantitative estimate of drug-likeness (QED) is 0.108. The monoisotopic (exact) mass is 523 g/mol. The van der Waals surface area contributed by atoms with Crippen LogP contribution in [0.4, 0.5) is 0 Å². The predicted octanol–water partition coefficient (Wildman–Crippen LogP) is -3.75. The average Bonchev–Trinajstić information content (AvgIpc) is 2.39. The maximum Gasteiger partial charge on any atom is 0.470 e. The molecule has 0 spiro atoms. The van der Waals surface area contributed by atoms with Crippen molar-refractivity contribution in [3.63, 3.8) is 0 Å². The second kappa shape index (κ2) is 10.5. The molecule has 1 saturated carbocycles. The van der Waals surface area contributed by atoms with E-state index in [9.17, 15) is 28.5 Å². The van der Waals surface area contributed by atoms with Gasteiger partial charge in [-0.15, -0.1) is 0 Å². The largest absolute Gasteiger partial charge is 0.470 e. The predicted molar refractivity (Wildman–Crippen MR) is 85.4 cm³/mol. The van der Waals surface area contributed by atoms with Crippen molar-refractivity contribution in [2.24, 2.45) is 0 Å². The normalized spacial score (nSPS) is 31.9. The first-order chi connectivity index (χ1) is 12.2. The van der Waals surface area contributed by atoms with E-state index in [1.54, 1.807) is 0 Å². The summed E-state index contributed by atoms with van der Waals surface area (Å²) in [6.45, 7) is 0. The average molecular weight is 523 g/mol. The van der Waals surface area contributed by atoms with Gasteiger partial charge >= 0.3 is 31.3 Å². The zero-order valence-electron chi connectivity index (χ0n) is 14.0. The Bertz CT molecular complexity index is 695. The summed E-state index contributed by atoms with van der Waals surface area (Å²) in [5.74, 6) is 0. The summed E-state index contributed by atoms with van der Waals surface area (Å²) < 4.78 is 60.5. The van der Waals surface area contributed by atoms with E-state index < -0.39 is 67.9 Å². The van der Waals surface area contributed by atoms with Crippen LogP contribution in [-0.2, 0) is 36.4 Å². The van der Waals surface area contributed by atoms with E-state index in [-0.39, 0.29) is 29.6 Å². The topological polar surface area (TPSA) is 308 Å². The van der Waals surface area contributed by atoms with Gasteiger partial charge in [-0.2, -0.15) is 0 Å². The van der Waals surface area contributed by atoms with E-state index in [4.69, 9.17) is 39.1 Å². The summed E-state index contributed by atoms with van der Waals surface area (Å²) in [6.07, 6.45) is -15.9. The molecule has 1 fully saturated rings. The molecular weight excluding hydrogens is 507 g/mol. The first kappa shape index (κ1) is 30.4. The molecule has 0 aromatic heterocycles. The standard InChI is InChI=1S/C6H16O18P4.Na/c7-1-3(21-25(9,10)11)2(8)5(23-27(15,16)17)6(24-28(18,19)20)4(1)22-26(12,13)14;/h1-8H,(H2,9,10,11)(H2,12,13,14)(H2,15,16,17)(H2,18,19,20);/t1-,2-,3?,4-,5+,6?;/m0./s1. The van der Waals surface area contributed by atoms with E-state index >= 15 is 0 Å². The van der Waals surface area contributed by atoms with Crippen molar-refractivity contribution >= 4 is 60.8 Å². The number of aliphatic hydroxyl groups excluding tert-OH is 2. The molecule has 1 aliphatic carbocycles. The molecule has 0 saturated heterocycles. The Balaban J connectivity index is 0.00000784. The number of hydrogen-bond donors (Lipinski definition) is 10. The molecule has 0 aromatic rings. The van der Waals surface area contributed by atoms with Gasteiger partial charge in [0.05, 0.1) is 0 Å². The number of rotatable bonds is 8. The second-order valence-corrected chi connectivity index (χ2v) is 9.99. The van der Waals surface area contributed by atoms with Crippen molar-refractivity contribution < 1.29 is 85.7 Å². The molecule has 0 aliphatic heterocycles. The maximum atomic E-state index is 11.1. The molecule has 23 heteroatoms. The molecular formula is C6H16NaO18P4. The van der Waals surface area contributed by atoms with Crippen molar-refractivity contribution in [3.05, 3.63) is 0 Å². The molecule has 0 amide bonds. The van der Waals surface area contributed by atoms with E-state index in [2.05, 4.69) is 18.1 Å². The Morgan fingerprint density at radius 3 is 0.897 bits per heavy atom. The molecule has 169 valence electrons. The van der Waals surface area contributed by atoms with Crippen molar-refractivity contribution in [2.45, 2.75) is 36.6 Å². The Kier molecular flexibility index (Phi) is 11.0. The molecule has 6 atom stereocenters. The van der Waals surface area contributed by atoms with Gasteiger partial charge in [-0.25, -0.2) is 18.3 Å². The van der Waals surface area contributed by atoms with E-state index in [0.717, 1.165) is 0 Å². The summed E-state index contributed by atoms with van der Waals surface area (Å²) in [5.41, 5.74) is 0. The summed E-state index contributed by atoms with van der Waals surface area (Å²) in [4.78, 5) is 71.0. The van der Waals surface area contributed by atoms with Crippen molar-refractivity contribution in [1.29, 1.82) is 0 Å². The van der Waals surface area contributed by atoms with E-state index in [1.165, 1.54) is 0 Å². The first-order valence-electron chi connectivity index (χ1n) is 6.52. The van der Waals surface area contributed by atoms with Crippen LogP contribution in [-0.4, -0.2) is 116 Å². The Morgan fingerprint density at radius 2 is 0.655 bits per heavy atom. The number of phosphoric ester groups is 4. The van der Waals surface area contributed by atoms with Crippen LogP contribution in [0.1, 0.15) is 0 Å². The number of phosphoric acid groups is 4. The van der Waals surface area contributed by atoms with Gasteiger partial charge in [0.15, 0.2) is 0 Å². The zero-order valence-corrected chi connectivity index (χ0v) is 19.6. The third-order valence-corrected chi connectivity index (χ3v) is 5.10. The fourth-order valence-corrected chi connectivity index (χ4v) is 4.52. The zero-order chi connectivity index (χ0) is 22.3. The fourth-order valence-electron chi connectivity index (χ4n) is 2.28. The number of aliphatic hydroxyl groups is 2. The number of hydrogen-bond acceptors (Lipinski definition) is 10. The Hall–Kier alpha value is 1.36. The van der Waals surface area contributed by atoms with Crippen LogP contribution in [0, 0.1) is 0 Å². The molecule has 0 aromatic carbocycles. The fraction of sp³-hybridized carbons (Fsp3) is 1.00. The van der Waals surface area contributed by atoms with Gasteiger partial charge < -0.3 is 49.4 Å². The van der Waals surface area contributed by atoms with Gasteiger partial charge in [-0.1, -0.05) is 0 Å². The SMILES string of the molecule is O=P(O)(O)OC1[C@H](O)[C@H](OP(=O)(O)O)C(OP(=O)(O)O)[C@H](OP(=O)(O)O)[C@H]1O.[Na]. The van der Waals surface area contributed by atoms with Crippen molar-refractivity contribution in [1.82, 2.24) is 0 Å². The van der Waals surface area contributed by atoms with Crippen LogP contribution in [0.15, 0.2) is 0 Å². The van der Waals surface area contributed by atoms with Crippen LogP contribution in [0.2, 0.25) is 0 Å². The molecule has 1 radical (unpaired) electrons. The van der Waals surface area contributed by atoms with Gasteiger partial charge in [-0.3, -0.25) is 18.1 Å². The van der Waals surface area contributed by atoms with Crippen LogP contribution < -0.4 is 0 Å². The van der Waals surface area contributed by atoms with Crippen LogP contribution in [0.3, 0.4) is 0 Å². The van der Waals surface area contributed by atoms with Gasteiger partial charge in [0.1, 0.15) is 36.6 Å². The first-order valence-corrected chi connectivity index (χ1v) is 12.6. The molecule has 29 heavy (non-hydrogen) atoms. The Labute approximate surface area is 183 Å². The van der Waals surface area contributed by atoms with Crippen LogP contribution in [0.5, 0.6) is 0 Å². The molecule has 10 N–H and O–H groups in total. The minimum atomic E-state index is -5.64.